The molecule has 3 heteroatoms. The summed E-state index contributed by atoms with van der Waals surface area (Å²) >= 11 is 0. The first-order valence-electron chi connectivity index (χ1n) is 6.95. The average molecular weight is 256 g/mol. The van der Waals surface area contributed by atoms with Gasteiger partial charge in [0.05, 0.1) is 5.71 Å². The van der Waals surface area contributed by atoms with Gasteiger partial charge in [-0.15, -0.1) is 0 Å². The maximum Gasteiger partial charge on any atom is 0.245 e. The summed E-state index contributed by atoms with van der Waals surface area (Å²) in [4.78, 5) is 12.1. The Hall–Kier alpha value is -1.64. The lowest BCUT2D eigenvalue weighted by molar-refractivity contribution is -0.136. The quantitative estimate of drug-likeness (QED) is 0.702. The number of carbonyl (C=O) groups is 1. The molecule has 0 fully saturated rings. The molecule has 0 aromatic heterocycles. The molecule has 3 nitrogen and oxygen atoms in total. The largest absolute Gasteiger partial charge is 0.273 e. The summed E-state index contributed by atoms with van der Waals surface area (Å²) in [6, 6.07) is 6.58. The lowest BCUT2D eigenvalue weighted by Crippen LogP contribution is -2.46. The van der Waals surface area contributed by atoms with Crippen LogP contribution in [0.15, 0.2) is 23.3 Å². The first-order chi connectivity index (χ1) is 8.99. The van der Waals surface area contributed by atoms with Gasteiger partial charge in [-0.25, -0.2) is 5.01 Å². The standard InChI is InChI=1S/C16H20N2O/c1-9-5-6-12-8-10(2)14-11(3)16(19)18(4)17-15(14)13(12)7-9/h5-7,10-11,14H,8H2,1-4H3. The van der Waals surface area contributed by atoms with Gasteiger partial charge < -0.3 is 0 Å². The van der Waals surface area contributed by atoms with Crippen molar-refractivity contribution in [2.75, 3.05) is 7.05 Å². The van der Waals surface area contributed by atoms with E-state index in [9.17, 15) is 4.79 Å². The number of amides is 1. The molecule has 0 saturated carbocycles. The van der Waals surface area contributed by atoms with Gasteiger partial charge in [-0.1, -0.05) is 31.5 Å². The number of hydrogen-bond donors (Lipinski definition) is 0. The average Bonchev–Trinajstić information content (AvgIpc) is 2.36. The van der Waals surface area contributed by atoms with Crippen molar-refractivity contribution >= 4 is 11.6 Å². The van der Waals surface area contributed by atoms with Crippen LogP contribution in [-0.2, 0) is 11.2 Å². The van der Waals surface area contributed by atoms with Crippen LogP contribution in [0.2, 0.25) is 0 Å². The summed E-state index contributed by atoms with van der Waals surface area (Å²) in [5.74, 6) is 0.900. The third kappa shape index (κ3) is 1.79. The zero-order valence-corrected chi connectivity index (χ0v) is 12.0. The minimum Gasteiger partial charge on any atom is -0.273 e. The number of rotatable bonds is 0. The number of nitrogens with zero attached hydrogens (tertiary/aromatic N) is 2. The van der Waals surface area contributed by atoms with Crippen LogP contribution in [0.5, 0.6) is 0 Å². The van der Waals surface area contributed by atoms with Gasteiger partial charge in [-0.05, 0) is 30.9 Å². The van der Waals surface area contributed by atoms with Crippen molar-refractivity contribution in [1.82, 2.24) is 5.01 Å². The van der Waals surface area contributed by atoms with Crippen molar-refractivity contribution in [1.29, 1.82) is 0 Å². The van der Waals surface area contributed by atoms with Crippen molar-refractivity contribution < 1.29 is 4.79 Å². The van der Waals surface area contributed by atoms with E-state index in [1.807, 2.05) is 6.92 Å². The molecular weight excluding hydrogens is 236 g/mol. The minimum absolute atomic E-state index is 0.0289. The Balaban J connectivity index is 2.19. The number of hydrogen-bond acceptors (Lipinski definition) is 2. The van der Waals surface area contributed by atoms with Crippen LogP contribution in [0.1, 0.15) is 30.5 Å². The Morgan fingerprint density at radius 2 is 2.05 bits per heavy atom. The summed E-state index contributed by atoms with van der Waals surface area (Å²) in [6.07, 6.45) is 1.04. The molecule has 0 radical (unpaired) electrons. The molecule has 3 rings (SSSR count). The van der Waals surface area contributed by atoms with E-state index in [-0.39, 0.29) is 17.7 Å². The maximum absolute atomic E-state index is 12.1. The second-order valence-electron chi connectivity index (χ2n) is 6.00. The van der Waals surface area contributed by atoms with Gasteiger partial charge in [0, 0.05) is 24.4 Å². The van der Waals surface area contributed by atoms with Crippen LogP contribution in [-0.4, -0.2) is 23.7 Å². The van der Waals surface area contributed by atoms with Crippen LogP contribution >= 0.6 is 0 Å². The molecule has 1 aromatic carbocycles. The van der Waals surface area contributed by atoms with Gasteiger partial charge in [-0.3, -0.25) is 4.79 Å². The lowest BCUT2D eigenvalue weighted by Gasteiger charge is -2.40. The normalized spacial score (nSPS) is 29.7. The Morgan fingerprint density at radius 3 is 2.79 bits per heavy atom. The Kier molecular flexibility index (Phi) is 2.73. The molecule has 2 aliphatic rings. The molecule has 1 heterocycles. The van der Waals surface area contributed by atoms with Gasteiger partial charge in [0.15, 0.2) is 0 Å². The molecule has 100 valence electrons. The zero-order chi connectivity index (χ0) is 13.7. The molecule has 3 atom stereocenters. The fraction of sp³-hybridized carbons (Fsp3) is 0.500. The van der Waals surface area contributed by atoms with Crippen LogP contribution in [0.25, 0.3) is 0 Å². The summed E-state index contributed by atoms with van der Waals surface area (Å²) < 4.78 is 0. The molecule has 19 heavy (non-hydrogen) atoms. The van der Waals surface area contributed by atoms with E-state index in [0.717, 1.165) is 12.1 Å². The zero-order valence-electron chi connectivity index (χ0n) is 12.0. The highest BCUT2D eigenvalue weighted by Gasteiger charge is 2.42. The topological polar surface area (TPSA) is 32.7 Å². The molecule has 1 aliphatic carbocycles. The highest BCUT2D eigenvalue weighted by atomic mass is 16.2. The first kappa shape index (κ1) is 12.4. The highest BCUT2D eigenvalue weighted by molar-refractivity contribution is 6.08. The molecule has 1 aliphatic heterocycles. The lowest BCUT2D eigenvalue weighted by atomic mass is 9.69. The Bertz CT molecular complexity index is 576. The fourth-order valence-electron chi connectivity index (χ4n) is 3.54. The number of carbonyl (C=O) groups excluding carboxylic acids is 1. The van der Waals surface area contributed by atoms with E-state index < -0.39 is 0 Å². The third-order valence-corrected chi connectivity index (χ3v) is 4.52. The van der Waals surface area contributed by atoms with Gasteiger partial charge in [0.2, 0.25) is 5.91 Å². The summed E-state index contributed by atoms with van der Waals surface area (Å²) in [7, 11) is 1.76. The van der Waals surface area contributed by atoms with E-state index in [4.69, 9.17) is 0 Å². The number of fused-ring (bicyclic) bond motifs is 3. The SMILES string of the molecule is Cc1ccc2c(c1)C1=NN(C)C(=O)C(C)C1C(C)C2. The van der Waals surface area contributed by atoms with Crippen LogP contribution < -0.4 is 0 Å². The number of hydrazone groups is 1. The fourth-order valence-corrected chi connectivity index (χ4v) is 3.54. The second-order valence-corrected chi connectivity index (χ2v) is 6.00. The Morgan fingerprint density at radius 1 is 1.32 bits per heavy atom. The van der Waals surface area contributed by atoms with Crippen molar-refractivity contribution in [3.8, 4) is 0 Å². The molecule has 0 spiro atoms. The van der Waals surface area contributed by atoms with E-state index >= 15 is 0 Å². The molecule has 1 aromatic rings. The van der Waals surface area contributed by atoms with E-state index in [2.05, 4.69) is 37.1 Å². The van der Waals surface area contributed by atoms with Crippen LogP contribution in [0, 0.1) is 24.7 Å². The highest BCUT2D eigenvalue weighted by Crippen LogP contribution is 2.38. The molecular formula is C16H20N2O. The summed E-state index contributed by atoms with van der Waals surface area (Å²) in [6.45, 7) is 6.38. The first-order valence-corrected chi connectivity index (χ1v) is 6.95. The van der Waals surface area contributed by atoms with Gasteiger partial charge in [0.25, 0.3) is 0 Å². The van der Waals surface area contributed by atoms with Crippen molar-refractivity contribution in [3.05, 3.63) is 34.9 Å². The maximum atomic E-state index is 12.1. The monoisotopic (exact) mass is 256 g/mol. The van der Waals surface area contributed by atoms with Gasteiger partial charge in [0.1, 0.15) is 0 Å². The molecule has 0 N–H and O–H groups in total. The minimum atomic E-state index is 0.0289. The molecule has 3 unspecified atom stereocenters. The van der Waals surface area contributed by atoms with Gasteiger partial charge in [-0.2, -0.15) is 5.10 Å². The summed E-state index contributed by atoms with van der Waals surface area (Å²) in [5.41, 5.74) is 4.96. The van der Waals surface area contributed by atoms with Crippen molar-refractivity contribution in [3.63, 3.8) is 0 Å². The Labute approximate surface area is 114 Å². The predicted octanol–water partition coefficient (Wildman–Crippen LogP) is 2.62. The third-order valence-electron chi connectivity index (χ3n) is 4.52. The van der Waals surface area contributed by atoms with E-state index in [0.29, 0.717) is 5.92 Å². The van der Waals surface area contributed by atoms with Crippen LogP contribution in [0.4, 0.5) is 0 Å². The van der Waals surface area contributed by atoms with E-state index in [1.54, 1.807) is 7.05 Å². The van der Waals surface area contributed by atoms with E-state index in [1.165, 1.54) is 21.7 Å². The number of aryl methyl sites for hydroxylation is 1. The second kappa shape index (κ2) is 4.19. The predicted molar refractivity (Wildman–Crippen MR) is 76.0 cm³/mol. The van der Waals surface area contributed by atoms with Crippen molar-refractivity contribution in [2.45, 2.75) is 27.2 Å². The van der Waals surface area contributed by atoms with Crippen molar-refractivity contribution in [2.24, 2.45) is 22.9 Å². The van der Waals surface area contributed by atoms with Crippen LogP contribution in [0.3, 0.4) is 0 Å². The molecule has 0 bridgehead atoms. The number of benzene rings is 1. The smallest absolute Gasteiger partial charge is 0.245 e. The summed E-state index contributed by atoms with van der Waals surface area (Å²) in [5, 5.41) is 6.08. The molecule has 1 amide bonds. The van der Waals surface area contributed by atoms with Gasteiger partial charge >= 0.3 is 0 Å². The molecule has 0 saturated heterocycles.